The largest absolute Gasteiger partial charge is 0.236 e. The van der Waals surface area contributed by atoms with Crippen molar-refractivity contribution in [2.45, 2.75) is 26.2 Å². The third kappa shape index (κ3) is 3.06. The van der Waals surface area contributed by atoms with E-state index in [9.17, 15) is 0 Å². The molecule has 2 heteroatoms. The Morgan fingerprint density at radius 2 is 1.27 bits per heavy atom. The molecule has 0 saturated carbocycles. The molecule has 0 aliphatic heterocycles. The Balaban J connectivity index is 1.96. The highest BCUT2D eigenvalue weighted by Crippen LogP contribution is 2.25. The SMILES string of the molecule is CC(C)(C)c1cnc(-c2cccc(-c3ccccc3)c2)nc1. The lowest BCUT2D eigenvalue weighted by Crippen LogP contribution is -2.12. The van der Waals surface area contributed by atoms with Gasteiger partial charge in [-0.1, -0.05) is 69.3 Å². The highest BCUT2D eigenvalue weighted by Gasteiger charge is 2.14. The Morgan fingerprint density at radius 3 is 1.91 bits per heavy atom. The quantitative estimate of drug-likeness (QED) is 0.655. The van der Waals surface area contributed by atoms with Gasteiger partial charge in [0.25, 0.3) is 0 Å². The van der Waals surface area contributed by atoms with Gasteiger partial charge in [-0.25, -0.2) is 9.97 Å². The maximum absolute atomic E-state index is 4.54. The van der Waals surface area contributed by atoms with Crippen molar-refractivity contribution in [3.63, 3.8) is 0 Å². The lowest BCUT2D eigenvalue weighted by Gasteiger charge is -2.17. The molecule has 0 fully saturated rings. The van der Waals surface area contributed by atoms with Crippen LogP contribution in [-0.4, -0.2) is 9.97 Å². The van der Waals surface area contributed by atoms with Crippen molar-refractivity contribution in [1.29, 1.82) is 0 Å². The summed E-state index contributed by atoms with van der Waals surface area (Å²) in [6, 6.07) is 18.7. The van der Waals surface area contributed by atoms with E-state index in [0.717, 1.165) is 17.0 Å². The van der Waals surface area contributed by atoms with Gasteiger partial charge < -0.3 is 0 Å². The molecule has 0 amide bonds. The summed E-state index contributed by atoms with van der Waals surface area (Å²) < 4.78 is 0. The fourth-order valence-corrected chi connectivity index (χ4v) is 2.33. The Bertz CT molecular complexity index is 754. The third-order valence-corrected chi connectivity index (χ3v) is 3.75. The molecule has 0 unspecified atom stereocenters. The van der Waals surface area contributed by atoms with E-state index in [0.29, 0.717) is 0 Å². The molecular weight excluding hydrogens is 268 g/mol. The van der Waals surface area contributed by atoms with E-state index in [1.807, 2.05) is 18.5 Å². The number of rotatable bonds is 2. The maximum atomic E-state index is 4.54. The van der Waals surface area contributed by atoms with Crippen LogP contribution in [0.4, 0.5) is 0 Å². The number of hydrogen-bond donors (Lipinski definition) is 0. The van der Waals surface area contributed by atoms with E-state index < -0.39 is 0 Å². The first kappa shape index (κ1) is 14.5. The molecule has 0 aliphatic carbocycles. The first-order chi connectivity index (χ1) is 10.5. The van der Waals surface area contributed by atoms with Crippen LogP contribution in [0.3, 0.4) is 0 Å². The van der Waals surface area contributed by atoms with Gasteiger partial charge in [-0.05, 0) is 28.2 Å². The predicted molar refractivity (Wildman–Crippen MR) is 91.6 cm³/mol. The van der Waals surface area contributed by atoms with Crippen LogP contribution in [0, 0.1) is 0 Å². The standard InChI is InChI=1S/C20H20N2/c1-20(2,3)18-13-21-19(22-14-18)17-11-7-10-16(12-17)15-8-5-4-6-9-15/h4-14H,1-3H3. The van der Waals surface area contributed by atoms with Crippen LogP contribution in [0.5, 0.6) is 0 Å². The highest BCUT2D eigenvalue weighted by molar-refractivity contribution is 5.70. The molecule has 22 heavy (non-hydrogen) atoms. The Kier molecular flexibility index (Phi) is 3.76. The monoisotopic (exact) mass is 288 g/mol. The maximum Gasteiger partial charge on any atom is 0.159 e. The molecule has 0 N–H and O–H groups in total. The van der Waals surface area contributed by atoms with Crippen molar-refractivity contribution >= 4 is 0 Å². The fourth-order valence-electron chi connectivity index (χ4n) is 2.33. The normalized spacial score (nSPS) is 11.4. The zero-order valence-electron chi connectivity index (χ0n) is 13.2. The van der Waals surface area contributed by atoms with Crippen molar-refractivity contribution in [2.75, 3.05) is 0 Å². The van der Waals surface area contributed by atoms with Crippen molar-refractivity contribution in [3.8, 4) is 22.5 Å². The summed E-state index contributed by atoms with van der Waals surface area (Å²) >= 11 is 0. The third-order valence-electron chi connectivity index (χ3n) is 3.75. The zero-order valence-corrected chi connectivity index (χ0v) is 13.2. The molecule has 110 valence electrons. The number of aromatic nitrogens is 2. The summed E-state index contributed by atoms with van der Waals surface area (Å²) in [6.07, 6.45) is 3.86. The van der Waals surface area contributed by atoms with Crippen LogP contribution in [0.15, 0.2) is 67.0 Å². The molecule has 3 rings (SSSR count). The first-order valence-electron chi connectivity index (χ1n) is 7.52. The minimum Gasteiger partial charge on any atom is -0.236 e. The van der Waals surface area contributed by atoms with Crippen LogP contribution >= 0.6 is 0 Å². The molecular formula is C20H20N2. The van der Waals surface area contributed by atoms with Gasteiger partial charge in [0.1, 0.15) is 0 Å². The molecule has 3 aromatic rings. The van der Waals surface area contributed by atoms with Crippen LogP contribution in [0.2, 0.25) is 0 Å². The van der Waals surface area contributed by atoms with E-state index in [1.165, 1.54) is 11.1 Å². The van der Waals surface area contributed by atoms with Crippen LogP contribution < -0.4 is 0 Å². The summed E-state index contributed by atoms with van der Waals surface area (Å²) in [4.78, 5) is 9.08. The molecule has 2 aromatic carbocycles. The molecule has 1 aromatic heterocycles. The van der Waals surface area contributed by atoms with Gasteiger partial charge in [0, 0.05) is 18.0 Å². The molecule has 2 nitrogen and oxygen atoms in total. The first-order valence-corrected chi connectivity index (χ1v) is 7.52. The van der Waals surface area contributed by atoms with Crippen molar-refractivity contribution < 1.29 is 0 Å². The van der Waals surface area contributed by atoms with Crippen molar-refractivity contribution in [3.05, 3.63) is 72.6 Å². The topological polar surface area (TPSA) is 25.8 Å². The van der Waals surface area contributed by atoms with Gasteiger partial charge in [0.2, 0.25) is 0 Å². The highest BCUT2D eigenvalue weighted by atomic mass is 14.9. The Morgan fingerprint density at radius 1 is 0.682 bits per heavy atom. The van der Waals surface area contributed by atoms with Crippen LogP contribution in [0.1, 0.15) is 26.3 Å². The Labute approximate surface area is 131 Å². The summed E-state index contributed by atoms with van der Waals surface area (Å²) in [5.74, 6) is 0.769. The zero-order chi connectivity index (χ0) is 15.6. The lowest BCUT2D eigenvalue weighted by atomic mass is 9.89. The van der Waals surface area contributed by atoms with Gasteiger partial charge in [-0.3, -0.25) is 0 Å². The molecule has 0 saturated heterocycles. The molecule has 0 spiro atoms. The van der Waals surface area contributed by atoms with Crippen molar-refractivity contribution in [2.24, 2.45) is 0 Å². The van der Waals surface area contributed by atoms with Gasteiger partial charge in [-0.2, -0.15) is 0 Å². The summed E-state index contributed by atoms with van der Waals surface area (Å²) in [5, 5.41) is 0. The van der Waals surface area contributed by atoms with Crippen molar-refractivity contribution in [1.82, 2.24) is 9.97 Å². The Hall–Kier alpha value is -2.48. The van der Waals surface area contributed by atoms with E-state index in [4.69, 9.17) is 0 Å². The summed E-state index contributed by atoms with van der Waals surface area (Å²) in [6.45, 7) is 6.50. The number of benzene rings is 2. The van der Waals surface area contributed by atoms with E-state index in [2.05, 4.69) is 79.3 Å². The lowest BCUT2D eigenvalue weighted by molar-refractivity contribution is 0.584. The average Bonchev–Trinajstić information content (AvgIpc) is 2.55. The predicted octanol–water partition coefficient (Wildman–Crippen LogP) is 5.11. The van der Waals surface area contributed by atoms with E-state index >= 15 is 0 Å². The molecule has 0 radical (unpaired) electrons. The van der Waals surface area contributed by atoms with Crippen LogP contribution in [0.25, 0.3) is 22.5 Å². The minimum atomic E-state index is 0.0738. The number of hydrogen-bond acceptors (Lipinski definition) is 2. The average molecular weight is 288 g/mol. The van der Waals surface area contributed by atoms with Gasteiger partial charge in [0.05, 0.1) is 0 Å². The molecule has 0 atom stereocenters. The molecule has 0 bridgehead atoms. The van der Waals surface area contributed by atoms with E-state index in [-0.39, 0.29) is 5.41 Å². The fraction of sp³-hybridized carbons (Fsp3) is 0.200. The second-order valence-corrected chi connectivity index (χ2v) is 6.49. The minimum absolute atomic E-state index is 0.0738. The van der Waals surface area contributed by atoms with E-state index in [1.54, 1.807) is 0 Å². The van der Waals surface area contributed by atoms with Gasteiger partial charge >= 0.3 is 0 Å². The van der Waals surface area contributed by atoms with Crippen LogP contribution in [-0.2, 0) is 5.41 Å². The summed E-state index contributed by atoms with van der Waals surface area (Å²) in [5.41, 5.74) is 4.65. The smallest absolute Gasteiger partial charge is 0.159 e. The second kappa shape index (κ2) is 5.72. The van der Waals surface area contributed by atoms with Gasteiger partial charge in [0.15, 0.2) is 5.82 Å². The molecule has 1 heterocycles. The number of nitrogens with zero attached hydrogens (tertiary/aromatic N) is 2. The summed E-state index contributed by atoms with van der Waals surface area (Å²) in [7, 11) is 0. The molecule has 0 aliphatic rings. The second-order valence-electron chi connectivity index (χ2n) is 6.49. The van der Waals surface area contributed by atoms with Gasteiger partial charge in [-0.15, -0.1) is 0 Å².